The van der Waals surface area contributed by atoms with Crippen LogP contribution in [0.1, 0.15) is 17.5 Å². The topological polar surface area (TPSA) is 76.1 Å². The van der Waals surface area contributed by atoms with Crippen LogP contribution in [-0.2, 0) is 20.7 Å². The van der Waals surface area contributed by atoms with Gasteiger partial charge in [0.2, 0.25) is 5.91 Å². The minimum absolute atomic E-state index is 0.0235. The number of morpholine rings is 1. The van der Waals surface area contributed by atoms with Gasteiger partial charge < -0.3 is 19.5 Å². The van der Waals surface area contributed by atoms with E-state index in [-0.39, 0.29) is 18.7 Å². The lowest BCUT2D eigenvalue weighted by atomic mass is 10.1. The summed E-state index contributed by atoms with van der Waals surface area (Å²) in [5, 5.41) is 8.81. The fourth-order valence-corrected chi connectivity index (χ4v) is 2.52. The number of carboxylic acids is 1. The van der Waals surface area contributed by atoms with Crippen LogP contribution in [-0.4, -0.2) is 54.8 Å². The summed E-state index contributed by atoms with van der Waals surface area (Å²) in [5.74, 6) is -0.178. The largest absolute Gasteiger partial charge is 0.496 e. The number of carbonyl (C=O) groups excluding carboxylic acids is 1. The first kappa shape index (κ1) is 16.3. The number of methoxy groups -OCH3 is 1. The third kappa shape index (κ3) is 4.21. The fraction of sp³-hybridized carbons (Fsp3) is 0.500. The van der Waals surface area contributed by atoms with Crippen molar-refractivity contribution < 1.29 is 24.2 Å². The lowest BCUT2D eigenvalue weighted by molar-refractivity contribution is -0.147. The summed E-state index contributed by atoms with van der Waals surface area (Å²) >= 11 is 0. The van der Waals surface area contributed by atoms with E-state index in [4.69, 9.17) is 14.6 Å². The Morgan fingerprint density at radius 3 is 2.91 bits per heavy atom. The summed E-state index contributed by atoms with van der Waals surface area (Å²) in [6, 6.07) is 5.70. The molecule has 120 valence electrons. The molecule has 1 unspecified atom stereocenters. The summed E-state index contributed by atoms with van der Waals surface area (Å²) in [5.41, 5.74) is 1.90. The first-order valence-electron chi connectivity index (χ1n) is 7.24. The van der Waals surface area contributed by atoms with Crippen LogP contribution < -0.4 is 4.74 Å². The van der Waals surface area contributed by atoms with E-state index in [1.807, 2.05) is 25.1 Å². The van der Waals surface area contributed by atoms with E-state index in [2.05, 4.69) is 0 Å². The molecule has 1 N–H and O–H groups in total. The standard InChI is InChI=1S/C16H21NO5/c1-11-3-4-12(7-14(11)21-2)8-15(18)17-5-6-22-13(10-17)9-16(19)20/h3-4,7,13H,5-6,8-10H2,1-2H3,(H,19,20). The van der Waals surface area contributed by atoms with E-state index in [1.165, 1.54) is 0 Å². The predicted octanol–water partition coefficient (Wildman–Crippen LogP) is 1.25. The van der Waals surface area contributed by atoms with Gasteiger partial charge in [0.15, 0.2) is 0 Å². The van der Waals surface area contributed by atoms with Crippen molar-refractivity contribution in [3.8, 4) is 5.75 Å². The number of ether oxygens (including phenoxy) is 2. The van der Waals surface area contributed by atoms with Crippen LogP contribution >= 0.6 is 0 Å². The molecular weight excluding hydrogens is 286 g/mol. The monoisotopic (exact) mass is 307 g/mol. The average Bonchev–Trinajstić information content (AvgIpc) is 2.48. The van der Waals surface area contributed by atoms with Crippen molar-refractivity contribution in [2.24, 2.45) is 0 Å². The third-order valence-electron chi connectivity index (χ3n) is 3.72. The molecule has 6 heteroatoms. The quantitative estimate of drug-likeness (QED) is 0.886. The van der Waals surface area contributed by atoms with Crippen LogP contribution in [0.2, 0.25) is 0 Å². The number of hydrogen-bond acceptors (Lipinski definition) is 4. The molecule has 1 aliphatic rings. The van der Waals surface area contributed by atoms with Crippen molar-refractivity contribution in [1.29, 1.82) is 0 Å². The molecule has 0 bridgehead atoms. The molecule has 6 nitrogen and oxygen atoms in total. The van der Waals surface area contributed by atoms with Gasteiger partial charge in [-0.05, 0) is 24.1 Å². The van der Waals surface area contributed by atoms with Crippen LogP contribution in [0.25, 0.3) is 0 Å². The van der Waals surface area contributed by atoms with Crippen molar-refractivity contribution in [3.05, 3.63) is 29.3 Å². The highest BCUT2D eigenvalue weighted by molar-refractivity contribution is 5.79. The molecule has 1 amide bonds. The Labute approximate surface area is 129 Å². The van der Waals surface area contributed by atoms with Gasteiger partial charge in [-0.15, -0.1) is 0 Å². The number of amides is 1. The van der Waals surface area contributed by atoms with Crippen LogP contribution in [0, 0.1) is 6.92 Å². The average molecular weight is 307 g/mol. The van der Waals surface area contributed by atoms with E-state index in [0.717, 1.165) is 16.9 Å². The van der Waals surface area contributed by atoms with E-state index >= 15 is 0 Å². The second kappa shape index (κ2) is 7.26. The van der Waals surface area contributed by atoms with Gasteiger partial charge in [-0.25, -0.2) is 0 Å². The van der Waals surface area contributed by atoms with Crippen molar-refractivity contribution in [2.45, 2.75) is 25.9 Å². The molecular formula is C16H21NO5. The maximum atomic E-state index is 12.4. The Hall–Kier alpha value is -2.08. The van der Waals surface area contributed by atoms with Gasteiger partial charge in [0.05, 0.1) is 32.7 Å². The molecule has 1 aliphatic heterocycles. The number of benzene rings is 1. The Bertz CT molecular complexity index is 557. The Kier molecular flexibility index (Phi) is 5.38. The highest BCUT2D eigenvalue weighted by atomic mass is 16.5. The summed E-state index contributed by atoms with van der Waals surface area (Å²) < 4.78 is 10.6. The first-order chi connectivity index (χ1) is 10.5. The van der Waals surface area contributed by atoms with Crippen LogP contribution in [0.15, 0.2) is 18.2 Å². The molecule has 1 heterocycles. The van der Waals surface area contributed by atoms with E-state index < -0.39 is 12.1 Å². The molecule has 1 aromatic rings. The fourth-order valence-electron chi connectivity index (χ4n) is 2.52. The lowest BCUT2D eigenvalue weighted by Gasteiger charge is -2.32. The van der Waals surface area contributed by atoms with Gasteiger partial charge in [0.25, 0.3) is 0 Å². The number of carbonyl (C=O) groups is 2. The second-order valence-corrected chi connectivity index (χ2v) is 5.41. The van der Waals surface area contributed by atoms with Gasteiger partial charge in [0.1, 0.15) is 5.75 Å². The highest BCUT2D eigenvalue weighted by Crippen LogP contribution is 2.20. The zero-order valence-corrected chi connectivity index (χ0v) is 12.9. The summed E-state index contributed by atoms with van der Waals surface area (Å²) in [4.78, 5) is 24.8. The number of carboxylic acid groups (broad SMARTS) is 1. The molecule has 0 aromatic heterocycles. The number of nitrogens with zero attached hydrogens (tertiary/aromatic N) is 1. The number of rotatable bonds is 5. The molecule has 1 fully saturated rings. The maximum Gasteiger partial charge on any atom is 0.306 e. The Balaban J connectivity index is 1.98. The number of hydrogen-bond donors (Lipinski definition) is 1. The Morgan fingerprint density at radius 1 is 1.45 bits per heavy atom. The molecule has 2 rings (SSSR count). The molecule has 1 aromatic carbocycles. The molecule has 0 radical (unpaired) electrons. The molecule has 0 spiro atoms. The number of aliphatic carboxylic acids is 1. The second-order valence-electron chi connectivity index (χ2n) is 5.41. The zero-order chi connectivity index (χ0) is 16.1. The molecule has 1 atom stereocenters. The van der Waals surface area contributed by atoms with Crippen molar-refractivity contribution in [1.82, 2.24) is 4.90 Å². The molecule has 22 heavy (non-hydrogen) atoms. The minimum atomic E-state index is -0.914. The SMILES string of the molecule is COc1cc(CC(=O)N2CCOC(CC(=O)O)C2)ccc1C. The van der Waals surface area contributed by atoms with E-state index in [1.54, 1.807) is 12.0 Å². The van der Waals surface area contributed by atoms with Crippen molar-refractivity contribution in [2.75, 3.05) is 26.8 Å². The minimum Gasteiger partial charge on any atom is -0.496 e. The maximum absolute atomic E-state index is 12.4. The van der Waals surface area contributed by atoms with Gasteiger partial charge >= 0.3 is 5.97 Å². The van der Waals surface area contributed by atoms with E-state index in [9.17, 15) is 9.59 Å². The predicted molar refractivity (Wildman–Crippen MR) is 80.0 cm³/mol. The Morgan fingerprint density at radius 2 is 2.23 bits per heavy atom. The zero-order valence-electron chi connectivity index (χ0n) is 12.9. The molecule has 1 saturated heterocycles. The normalized spacial score (nSPS) is 18.1. The van der Waals surface area contributed by atoms with E-state index in [0.29, 0.717) is 19.7 Å². The third-order valence-corrected chi connectivity index (χ3v) is 3.72. The van der Waals surface area contributed by atoms with Gasteiger partial charge in [0, 0.05) is 13.1 Å². The van der Waals surface area contributed by atoms with Crippen LogP contribution in [0.5, 0.6) is 5.75 Å². The van der Waals surface area contributed by atoms with Crippen LogP contribution in [0.4, 0.5) is 0 Å². The lowest BCUT2D eigenvalue weighted by Crippen LogP contribution is -2.46. The van der Waals surface area contributed by atoms with Crippen LogP contribution in [0.3, 0.4) is 0 Å². The van der Waals surface area contributed by atoms with Crippen molar-refractivity contribution in [3.63, 3.8) is 0 Å². The summed E-state index contributed by atoms with van der Waals surface area (Å²) in [7, 11) is 1.60. The molecule has 0 saturated carbocycles. The summed E-state index contributed by atoms with van der Waals surface area (Å²) in [6.45, 7) is 3.15. The van der Waals surface area contributed by atoms with Gasteiger partial charge in [-0.2, -0.15) is 0 Å². The molecule has 0 aliphatic carbocycles. The first-order valence-corrected chi connectivity index (χ1v) is 7.24. The highest BCUT2D eigenvalue weighted by Gasteiger charge is 2.25. The smallest absolute Gasteiger partial charge is 0.306 e. The van der Waals surface area contributed by atoms with Gasteiger partial charge in [-0.3, -0.25) is 9.59 Å². The number of aryl methyl sites for hydroxylation is 1. The summed E-state index contributed by atoms with van der Waals surface area (Å²) in [6.07, 6.45) is -0.235. The van der Waals surface area contributed by atoms with Crippen molar-refractivity contribution >= 4 is 11.9 Å². The van der Waals surface area contributed by atoms with Gasteiger partial charge in [-0.1, -0.05) is 12.1 Å².